The predicted molar refractivity (Wildman–Crippen MR) is 153 cm³/mol. The first-order valence-electron chi connectivity index (χ1n) is 13.4. The second-order valence-electron chi connectivity index (χ2n) is 9.80. The molecule has 10 heteroatoms. The van der Waals surface area contributed by atoms with E-state index in [0.29, 0.717) is 52.5 Å². The van der Waals surface area contributed by atoms with Crippen LogP contribution in [0.5, 0.6) is 17.2 Å². The largest absolute Gasteiger partial charge is 0.507 e. The lowest BCUT2D eigenvalue weighted by molar-refractivity contribution is -0.132. The van der Waals surface area contributed by atoms with Crippen molar-refractivity contribution in [3.05, 3.63) is 82.7 Å². The lowest BCUT2D eigenvalue weighted by Gasteiger charge is -2.24. The van der Waals surface area contributed by atoms with E-state index in [2.05, 4.69) is 4.98 Å². The van der Waals surface area contributed by atoms with Gasteiger partial charge in [-0.25, -0.2) is 9.37 Å². The van der Waals surface area contributed by atoms with Crippen LogP contribution in [0, 0.1) is 5.82 Å². The van der Waals surface area contributed by atoms with Gasteiger partial charge in [-0.2, -0.15) is 0 Å². The number of benzene rings is 3. The number of nitrogens with zero attached hydrogens (tertiary/aromatic N) is 2. The van der Waals surface area contributed by atoms with Gasteiger partial charge in [-0.3, -0.25) is 14.5 Å². The van der Waals surface area contributed by atoms with Gasteiger partial charge in [0.15, 0.2) is 16.6 Å². The zero-order valence-corrected chi connectivity index (χ0v) is 23.5. The number of amides is 1. The average Bonchev–Trinajstić information content (AvgIpc) is 3.61. The first-order chi connectivity index (χ1) is 19.8. The van der Waals surface area contributed by atoms with E-state index in [1.165, 1.54) is 23.1 Å². The molecule has 0 bridgehead atoms. The van der Waals surface area contributed by atoms with Gasteiger partial charge in [-0.05, 0) is 80.4 Å². The first kappa shape index (κ1) is 26.8. The number of ether oxygens (including phenoxy) is 3. The van der Waals surface area contributed by atoms with Gasteiger partial charge in [0.1, 0.15) is 23.4 Å². The molecule has 41 heavy (non-hydrogen) atoms. The smallest absolute Gasteiger partial charge is 0.301 e. The van der Waals surface area contributed by atoms with E-state index in [1.807, 2.05) is 20.8 Å². The second kappa shape index (κ2) is 10.5. The highest BCUT2D eigenvalue weighted by atomic mass is 32.1. The van der Waals surface area contributed by atoms with Crippen molar-refractivity contribution in [2.24, 2.45) is 0 Å². The highest BCUT2D eigenvalue weighted by Crippen LogP contribution is 2.46. The standard InChI is InChI=1S/C31H27FN2O6S/c1-4-38-23-11-6-17(14-24(23)39-5-2)27-26(28(35)18-7-10-22-19(13-18)12-16(3)40-22)29(36)30(37)34(27)31-33-21-9-8-20(32)15-25(21)41-31/h6-11,13-16,27,35H,4-5,12H2,1-3H3/b28-26+/t16-,27-/m1/s1. The molecule has 1 aromatic heterocycles. The second-order valence-corrected chi connectivity index (χ2v) is 10.8. The molecule has 2 atom stereocenters. The lowest BCUT2D eigenvalue weighted by Crippen LogP contribution is -2.29. The normalized spacial score (nSPS) is 19.5. The number of Topliss-reactive ketones (excluding diaryl/α,β-unsaturated/α-hetero) is 1. The summed E-state index contributed by atoms with van der Waals surface area (Å²) < 4.78 is 31.8. The molecule has 1 saturated heterocycles. The molecule has 0 saturated carbocycles. The van der Waals surface area contributed by atoms with Crippen LogP contribution in [0.4, 0.5) is 9.52 Å². The number of aliphatic hydroxyl groups excluding tert-OH is 1. The van der Waals surface area contributed by atoms with Crippen LogP contribution in [-0.2, 0) is 16.0 Å². The summed E-state index contributed by atoms with van der Waals surface area (Å²) in [6, 6.07) is 13.5. The molecule has 8 nitrogen and oxygen atoms in total. The number of thiazole rings is 1. The summed E-state index contributed by atoms with van der Waals surface area (Å²) in [4.78, 5) is 33.1. The highest BCUT2D eigenvalue weighted by molar-refractivity contribution is 7.22. The molecule has 0 aliphatic carbocycles. The molecule has 0 unspecified atom stereocenters. The van der Waals surface area contributed by atoms with Crippen LogP contribution in [0.25, 0.3) is 16.0 Å². The number of halogens is 1. The van der Waals surface area contributed by atoms with E-state index in [-0.39, 0.29) is 22.6 Å². The van der Waals surface area contributed by atoms with Crippen molar-refractivity contribution in [1.82, 2.24) is 4.98 Å². The number of hydrogen-bond donors (Lipinski definition) is 1. The summed E-state index contributed by atoms with van der Waals surface area (Å²) in [6.07, 6.45) is 0.658. The minimum Gasteiger partial charge on any atom is -0.507 e. The third kappa shape index (κ3) is 4.67. The fourth-order valence-corrected chi connectivity index (χ4v) is 6.31. The highest BCUT2D eigenvalue weighted by Gasteiger charge is 2.48. The van der Waals surface area contributed by atoms with Gasteiger partial charge >= 0.3 is 5.91 Å². The lowest BCUT2D eigenvalue weighted by atomic mass is 9.94. The van der Waals surface area contributed by atoms with Crippen LogP contribution in [-0.4, -0.2) is 41.1 Å². The van der Waals surface area contributed by atoms with Crippen molar-refractivity contribution in [1.29, 1.82) is 0 Å². The molecule has 210 valence electrons. The Balaban J connectivity index is 1.55. The van der Waals surface area contributed by atoms with E-state index in [0.717, 1.165) is 22.6 Å². The Morgan fingerprint density at radius 2 is 1.85 bits per heavy atom. The van der Waals surface area contributed by atoms with Gasteiger partial charge in [0.25, 0.3) is 5.78 Å². The molecule has 1 fully saturated rings. The fraction of sp³-hybridized carbons (Fsp3) is 0.258. The zero-order chi connectivity index (χ0) is 28.8. The van der Waals surface area contributed by atoms with Crippen molar-refractivity contribution in [2.75, 3.05) is 18.1 Å². The number of carbonyl (C=O) groups is 2. The van der Waals surface area contributed by atoms with Crippen molar-refractivity contribution in [3.8, 4) is 17.2 Å². The number of rotatable bonds is 7. The molecular weight excluding hydrogens is 547 g/mol. The number of hydrogen-bond acceptors (Lipinski definition) is 8. The number of aliphatic hydroxyl groups is 1. The summed E-state index contributed by atoms with van der Waals surface area (Å²) in [5, 5.41) is 11.8. The van der Waals surface area contributed by atoms with E-state index in [1.54, 1.807) is 36.4 Å². The molecule has 3 heterocycles. The maximum Gasteiger partial charge on any atom is 0.301 e. The summed E-state index contributed by atoms with van der Waals surface area (Å²) >= 11 is 1.09. The number of fused-ring (bicyclic) bond motifs is 2. The Morgan fingerprint density at radius 3 is 2.63 bits per heavy atom. The van der Waals surface area contributed by atoms with Crippen molar-refractivity contribution in [2.45, 2.75) is 39.3 Å². The third-order valence-electron chi connectivity index (χ3n) is 7.04. The predicted octanol–water partition coefficient (Wildman–Crippen LogP) is 6.18. The molecular formula is C31H27FN2O6S. The Kier molecular flexibility index (Phi) is 6.86. The molecule has 1 N–H and O–H groups in total. The Bertz CT molecular complexity index is 1730. The SMILES string of the molecule is CCOc1ccc([C@@H]2/C(=C(\O)c3ccc4c(c3)C[C@@H](C)O4)C(=O)C(=O)N2c2nc3ccc(F)cc3s2)cc1OCC. The zero-order valence-electron chi connectivity index (χ0n) is 22.6. The Morgan fingerprint density at radius 1 is 1.07 bits per heavy atom. The van der Waals surface area contributed by atoms with E-state index < -0.39 is 23.5 Å². The number of carbonyl (C=O) groups excluding carboxylic acids is 2. The molecule has 2 aliphatic heterocycles. The molecule has 6 rings (SSSR count). The van der Waals surface area contributed by atoms with Gasteiger partial charge in [0.05, 0.1) is 35.0 Å². The van der Waals surface area contributed by atoms with Gasteiger partial charge in [0.2, 0.25) is 0 Å². The minimum absolute atomic E-state index is 0.00214. The van der Waals surface area contributed by atoms with Gasteiger partial charge in [0, 0.05) is 12.0 Å². The van der Waals surface area contributed by atoms with Crippen molar-refractivity contribution < 1.29 is 33.3 Å². The molecule has 4 aromatic rings. The molecule has 3 aromatic carbocycles. The number of aromatic nitrogens is 1. The fourth-order valence-electron chi connectivity index (χ4n) is 5.30. The number of ketones is 1. The van der Waals surface area contributed by atoms with E-state index in [4.69, 9.17) is 14.2 Å². The summed E-state index contributed by atoms with van der Waals surface area (Å²) in [6.45, 7) is 6.43. The van der Waals surface area contributed by atoms with Gasteiger partial charge in [-0.15, -0.1) is 0 Å². The van der Waals surface area contributed by atoms with E-state index >= 15 is 0 Å². The van der Waals surface area contributed by atoms with Crippen molar-refractivity contribution >= 4 is 44.1 Å². The Labute approximate surface area is 239 Å². The Hall–Kier alpha value is -4.44. The maximum atomic E-state index is 14.0. The van der Waals surface area contributed by atoms with Crippen LogP contribution in [0.2, 0.25) is 0 Å². The molecule has 0 radical (unpaired) electrons. The van der Waals surface area contributed by atoms with Gasteiger partial charge < -0.3 is 19.3 Å². The molecule has 1 amide bonds. The number of anilines is 1. The van der Waals surface area contributed by atoms with Crippen LogP contribution >= 0.6 is 11.3 Å². The monoisotopic (exact) mass is 574 g/mol. The van der Waals surface area contributed by atoms with Crippen LogP contribution in [0.15, 0.2) is 60.2 Å². The van der Waals surface area contributed by atoms with Crippen LogP contribution in [0.3, 0.4) is 0 Å². The molecule has 2 aliphatic rings. The maximum absolute atomic E-state index is 14.0. The summed E-state index contributed by atoms with van der Waals surface area (Å²) in [7, 11) is 0. The van der Waals surface area contributed by atoms with E-state index in [9.17, 15) is 19.1 Å². The quantitative estimate of drug-likeness (QED) is 0.160. The topological polar surface area (TPSA) is 98.2 Å². The van der Waals surface area contributed by atoms with Crippen molar-refractivity contribution in [3.63, 3.8) is 0 Å². The average molecular weight is 575 g/mol. The van der Waals surface area contributed by atoms with Crippen LogP contribution in [0.1, 0.15) is 43.5 Å². The minimum atomic E-state index is -1.03. The molecule has 0 spiro atoms. The van der Waals surface area contributed by atoms with Gasteiger partial charge in [-0.1, -0.05) is 17.4 Å². The summed E-state index contributed by atoms with van der Waals surface area (Å²) in [5.74, 6) is -0.770. The first-order valence-corrected chi connectivity index (χ1v) is 14.2. The summed E-state index contributed by atoms with van der Waals surface area (Å²) in [5.41, 5.74) is 2.22. The van der Waals surface area contributed by atoms with Crippen LogP contribution < -0.4 is 19.1 Å². The third-order valence-corrected chi connectivity index (χ3v) is 8.06.